The first kappa shape index (κ1) is 31.2. The van der Waals surface area contributed by atoms with Gasteiger partial charge in [-0.25, -0.2) is 18.0 Å². The van der Waals surface area contributed by atoms with E-state index in [4.69, 9.17) is 9.90 Å². The summed E-state index contributed by atoms with van der Waals surface area (Å²) in [7, 11) is -3.85. The van der Waals surface area contributed by atoms with Crippen LogP contribution < -0.4 is 9.62 Å². The number of halogens is 3. The number of piperazine rings is 1. The maximum Gasteiger partial charge on any atom is 0.490 e. The molecule has 40 heavy (non-hydrogen) atoms. The van der Waals surface area contributed by atoms with Crippen molar-refractivity contribution in [3.8, 4) is 0 Å². The van der Waals surface area contributed by atoms with Crippen LogP contribution in [0.5, 0.6) is 0 Å². The molecule has 220 valence electrons. The molecule has 0 atom stereocenters. The van der Waals surface area contributed by atoms with Crippen LogP contribution in [0.1, 0.15) is 54.9 Å². The van der Waals surface area contributed by atoms with Gasteiger partial charge in [-0.2, -0.15) is 13.2 Å². The molecule has 0 radical (unpaired) electrons. The summed E-state index contributed by atoms with van der Waals surface area (Å²) in [5, 5.41) is 16.6. The van der Waals surface area contributed by atoms with Gasteiger partial charge in [0.2, 0.25) is 0 Å². The van der Waals surface area contributed by atoms with E-state index in [0.717, 1.165) is 43.9 Å². The number of nitrogens with one attached hydrogen (secondary N) is 1. The molecule has 2 fully saturated rings. The number of nitrogens with zero attached hydrogens (tertiary/aromatic N) is 2. The van der Waals surface area contributed by atoms with Crippen LogP contribution in [0.15, 0.2) is 47.4 Å². The minimum atomic E-state index is -5.08. The molecule has 0 aromatic heterocycles. The zero-order valence-electron chi connectivity index (χ0n) is 22.2. The number of aliphatic carboxylic acids is 1. The number of carboxylic acids is 2. The molecule has 0 spiro atoms. The Morgan fingerprint density at radius 1 is 0.950 bits per heavy atom. The van der Waals surface area contributed by atoms with Gasteiger partial charge in [0, 0.05) is 32.2 Å². The first-order chi connectivity index (χ1) is 18.8. The van der Waals surface area contributed by atoms with Crippen LogP contribution in [0.3, 0.4) is 0 Å². The summed E-state index contributed by atoms with van der Waals surface area (Å²) >= 11 is 0. The number of carboxylic acid groups (broad SMARTS) is 2. The van der Waals surface area contributed by atoms with Gasteiger partial charge in [0.25, 0.3) is 10.0 Å². The number of rotatable bonds is 7. The number of benzene rings is 2. The summed E-state index contributed by atoms with van der Waals surface area (Å²) in [6, 6.07) is 12.1. The average molecular weight is 586 g/mol. The second-order valence-electron chi connectivity index (χ2n) is 9.76. The van der Waals surface area contributed by atoms with Gasteiger partial charge >= 0.3 is 18.1 Å². The maximum absolute atomic E-state index is 13.1. The summed E-state index contributed by atoms with van der Waals surface area (Å²) in [5.41, 5.74) is 2.13. The minimum absolute atomic E-state index is 0.0543. The van der Waals surface area contributed by atoms with E-state index < -0.39 is 28.1 Å². The number of anilines is 2. The quantitative estimate of drug-likeness (QED) is 0.422. The van der Waals surface area contributed by atoms with E-state index in [2.05, 4.69) is 14.5 Å². The molecule has 2 aromatic rings. The predicted molar refractivity (Wildman–Crippen MR) is 144 cm³/mol. The lowest BCUT2D eigenvalue weighted by atomic mass is 9.94. The van der Waals surface area contributed by atoms with E-state index in [1.54, 1.807) is 36.4 Å². The normalized spacial score (nSPS) is 17.1. The van der Waals surface area contributed by atoms with E-state index in [9.17, 15) is 31.5 Å². The fourth-order valence-corrected chi connectivity index (χ4v) is 5.97. The average Bonchev–Trinajstić information content (AvgIpc) is 2.93. The Bertz CT molecular complexity index is 1270. The highest BCUT2D eigenvalue weighted by Crippen LogP contribution is 2.32. The molecule has 9 nitrogen and oxygen atoms in total. The van der Waals surface area contributed by atoms with Gasteiger partial charge in [-0.15, -0.1) is 0 Å². The summed E-state index contributed by atoms with van der Waals surface area (Å²) in [5.74, 6) is -3.84. The molecule has 1 saturated carbocycles. The zero-order chi connectivity index (χ0) is 29.5. The van der Waals surface area contributed by atoms with Crippen molar-refractivity contribution in [1.29, 1.82) is 0 Å². The molecule has 0 amide bonds. The molecular weight excluding hydrogens is 551 g/mol. The number of alkyl halides is 3. The smallest absolute Gasteiger partial charge is 0.478 e. The predicted octanol–water partition coefficient (Wildman–Crippen LogP) is 4.84. The molecule has 1 heterocycles. The van der Waals surface area contributed by atoms with Crippen LogP contribution in [0.25, 0.3) is 0 Å². The van der Waals surface area contributed by atoms with Gasteiger partial charge in [-0.1, -0.05) is 38.3 Å². The van der Waals surface area contributed by atoms with Crippen molar-refractivity contribution in [1.82, 2.24) is 4.90 Å². The van der Waals surface area contributed by atoms with Crippen LogP contribution in [0.2, 0.25) is 0 Å². The number of aryl methyl sites for hydroxylation is 1. The van der Waals surface area contributed by atoms with Gasteiger partial charge in [-0.05, 0) is 55.2 Å². The maximum atomic E-state index is 13.1. The Hall–Kier alpha value is -3.32. The third kappa shape index (κ3) is 8.34. The number of aromatic carboxylic acids is 1. The van der Waals surface area contributed by atoms with Crippen molar-refractivity contribution >= 4 is 33.3 Å². The molecule has 1 aliphatic carbocycles. The molecule has 2 aliphatic rings. The number of hydrogen-bond acceptors (Lipinski definition) is 6. The van der Waals surface area contributed by atoms with Gasteiger partial charge in [-0.3, -0.25) is 9.62 Å². The Morgan fingerprint density at radius 2 is 1.52 bits per heavy atom. The molecule has 4 rings (SSSR count). The molecule has 13 heteroatoms. The monoisotopic (exact) mass is 585 g/mol. The molecule has 1 aliphatic heterocycles. The van der Waals surface area contributed by atoms with Crippen LogP contribution in [0.4, 0.5) is 24.5 Å². The Kier molecular flexibility index (Phi) is 10.4. The van der Waals surface area contributed by atoms with Crippen molar-refractivity contribution in [3.05, 3.63) is 53.6 Å². The topological polar surface area (TPSA) is 127 Å². The van der Waals surface area contributed by atoms with E-state index in [0.29, 0.717) is 11.7 Å². The van der Waals surface area contributed by atoms with Crippen molar-refractivity contribution in [3.63, 3.8) is 0 Å². The molecule has 3 N–H and O–H groups in total. The second-order valence-corrected chi connectivity index (χ2v) is 11.4. The van der Waals surface area contributed by atoms with Gasteiger partial charge in [0.05, 0.1) is 21.8 Å². The first-order valence-electron chi connectivity index (χ1n) is 13.1. The first-order valence-corrected chi connectivity index (χ1v) is 14.6. The fourth-order valence-electron chi connectivity index (χ4n) is 4.91. The number of sulfonamides is 1. The van der Waals surface area contributed by atoms with E-state index in [-0.39, 0.29) is 10.5 Å². The fraction of sp³-hybridized carbons (Fsp3) is 0.481. The Morgan fingerprint density at radius 3 is 2.02 bits per heavy atom. The summed E-state index contributed by atoms with van der Waals surface area (Å²) < 4.78 is 60.6. The molecular formula is C27H34F3N3O6S. The standard InChI is InChI=1S/C25H33N3O4S.C2HF3O2/c1-2-19-8-11-22(12-9-19)33(31,32)26-23-18-20(25(29)30)10-13-24(23)28-16-14-27(15-17-28)21-6-4-3-5-7-21;3-2(4,5)1(6)7/h8-13,18,21,26H,2-7,14-17H2,1H3,(H,29,30);(H,6,7). The lowest BCUT2D eigenvalue weighted by Crippen LogP contribution is -2.51. The number of hydrogen-bond donors (Lipinski definition) is 3. The Labute approximate surface area is 231 Å². The van der Waals surface area contributed by atoms with E-state index >= 15 is 0 Å². The largest absolute Gasteiger partial charge is 0.490 e. The second kappa shape index (κ2) is 13.4. The zero-order valence-corrected chi connectivity index (χ0v) is 23.0. The van der Waals surface area contributed by atoms with Crippen molar-refractivity contribution < 1.29 is 41.4 Å². The van der Waals surface area contributed by atoms with Crippen molar-refractivity contribution in [2.45, 2.75) is 62.6 Å². The van der Waals surface area contributed by atoms with Gasteiger partial charge < -0.3 is 15.1 Å². The third-order valence-corrected chi connectivity index (χ3v) is 8.50. The highest BCUT2D eigenvalue weighted by molar-refractivity contribution is 7.92. The van der Waals surface area contributed by atoms with Gasteiger partial charge in [0.15, 0.2) is 0 Å². The minimum Gasteiger partial charge on any atom is -0.478 e. The Balaban J connectivity index is 0.000000559. The van der Waals surface area contributed by atoms with Crippen molar-refractivity contribution in [2.24, 2.45) is 0 Å². The third-order valence-electron chi connectivity index (χ3n) is 7.12. The van der Waals surface area contributed by atoms with Gasteiger partial charge in [0.1, 0.15) is 0 Å². The van der Waals surface area contributed by atoms with Crippen LogP contribution >= 0.6 is 0 Å². The number of carbonyl (C=O) groups is 2. The highest BCUT2D eigenvalue weighted by atomic mass is 32.2. The lowest BCUT2D eigenvalue weighted by Gasteiger charge is -2.42. The molecule has 0 bridgehead atoms. The van der Waals surface area contributed by atoms with Crippen LogP contribution in [-0.4, -0.2) is 73.9 Å². The van der Waals surface area contributed by atoms with Crippen LogP contribution in [0, 0.1) is 0 Å². The summed E-state index contributed by atoms with van der Waals surface area (Å²) in [6.07, 6.45) is 2.19. The summed E-state index contributed by atoms with van der Waals surface area (Å²) in [4.78, 5) is 25.3. The lowest BCUT2D eigenvalue weighted by molar-refractivity contribution is -0.192. The molecule has 1 saturated heterocycles. The molecule has 0 unspecified atom stereocenters. The van der Waals surface area contributed by atoms with E-state index in [1.165, 1.54) is 38.2 Å². The van der Waals surface area contributed by atoms with E-state index in [1.807, 2.05) is 6.92 Å². The SMILES string of the molecule is CCc1ccc(S(=O)(=O)Nc2cc(C(=O)O)ccc2N2CCN(C3CCCCC3)CC2)cc1.O=C(O)C(F)(F)F. The highest BCUT2D eigenvalue weighted by Gasteiger charge is 2.38. The van der Waals surface area contributed by atoms with Crippen LogP contribution in [-0.2, 0) is 21.2 Å². The summed E-state index contributed by atoms with van der Waals surface area (Å²) in [6.45, 7) is 5.43. The molecule has 2 aromatic carbocycles. The van der Waals surface area contributed by atoms with Crippen molar-refractivity contribution in [2.75, 3.05) is 35.8 Å².